The summed E-state index contributed by atoms with van der Waals surface area (Å²) >= 11 is 0. The van der Waals surface area contributed by atoms with Gasteiger partial charge in [0.1, 0.15) is 46.4 Å². The second-order valence-electron chi connectivity index (χ2n) is 8.58. The van der Waals surface area contributed by atoms with E-state index in [1.54, 1.807) is 42.5 Å². The molecule has 3 aromatic carbocycles. The van der Waals surface area contributed by atoms with Crippen LogP contribution < -0.4 is 21.4 Å². The molecule has 0 saturated carbocycles. The molecule has 13 heteroatoms. The Labute approximate surface area is 233 Å². The van der Waals surface area contributed by atoms with Crippen LogP contribution in [0.1, 0.15) is 11.4 Å². The number of hydrogen-bond acceptors (Lipinski definition) is 11. The second kappa shape index (κ2) is 10.0. The highest BCUT2D eigenvalue weighted by Crippen LogP contribution is 2.26. The predicted molar refractivity (Wildman–Crippen MR) is 137 cm³/mol. The molecular formula is C29H9F2N11. The lowest BCUT2D eigenvalue weighted by molar-refractivity contribution is 0.571. The van der Waals surface area contributed by atoms with E-state index < -0.39 is 11.6 Å². The summed E-state index contributed by atoms with van der Waals surface area (Å²) in [6.07, 6.45) is 0. The van der Waals surface area contributed by atoms with Crippen LogP contribution in [0, 0.1) is 57.0 Å². The Morgan fingerprint density at radius 3 is 2.10 bits per heavy atom. The molecule has 2 aliphatic heterocycles. The minimum absolute atomic E-state index is 0.00370. The molecule has 6 rings (SSSR count). The van der Waals surface area contributed by atoms with Crippen molar-refractivity contribution in [2.75, 3.05) is 0 Å². The fourth-order valence-corrected chi connectivity index (χ4v) is 4.19. The molecule has 0 fully saturated rings. The number of fused-ring (bicyclic) bond motifs is 2. The Morgan fingerprint density at radius 1 is 0.667 bits per heavy atom. The Hall–Kier alpha value is -6.83. The summed E-state index contributed by atoms with van der Waals surface area (Å²) in [6.45, 7) is 0. The first-order valence-corrected chi connectivity index (χ1v) is 11.9. The lowest BCUT2D eigenvalue weighted by Crippen LogP contribution is -2.25. The maximum atomic E-state index is 14.4. The van der Waals surface area contributed by atoms with Gasteiger partial charge in [0.25, 0.3) is 0 Å². The number of halogens is 2. The average molecular weight is 549 g/mol. The molecule has 0 atom stereocenters. The molecule has 1 aromatic heterocycles. The molecule has 0 aliphatic carbocycles. The second-order valence-corrected chi connectivity index (χ2v) is 8.58. The van der Waals surface area contributed by atoms with Gasteiger partial charge in [-0.2, -0.15) is 21.0 Å². The molecule has 2 aliphatic rings. The molecule has 42 heavy (non-hydrogen) atoms. The molecule has 3 heterocycles. The Balaban J connectivity index is 1.63. The SMILES string of the molecule is N#CC(C#N)=C1N=c2ccc(-c3nc(/C(C#N)=C4/N=c5cc(F)cc(F)c5=N4)nc(-c4ccccc4)n3)c(C#N)c2=N1. The molecule has 194 valence electrons. The van der Waals surface area contributed by atoms with Gasteiger partial charge in [-0.25, -0.2) is 43.7 Å². The van der Waals surface area contributed by atoms with Gasteiger partial charge in [0.15, 0.2) is 40.5 Å². The normalized spacial score (nSPS) is 13.4. The van der Waals surface area contributed by atoms with Crippen LogP contribution >= 0.6 is 0 Å². The van der Waals surface area contributed by atoms with Gasteiger partial charge in [-0.15, -0.1) is 0 Å². The van der Waals surface area contributed by atoms with E-state index in [4.69, 9.17) is 0 Å². The van der Waals surface area contributed by atoms with Crippen LogP contribution in [0.15, 0.2) is 91.8 Å². The zero-order valence-electron chi connectivity index (χ0n) is 20.9. The van der Waals surface area contributed by atoms with E-state index in [2.05, 4.69) is 41.0 Å². The van der Waals surface area contributed by atoms with Gasteiger partial charge in [-0.05, 0) is 12.1 Å². The maximum absolute atomic E-state index is 14.4. The van der Waals surface area contributed by atoms with Crippen LogP contribution in [0.4, 0.5) is 8.78 Å². The summed E-state index contributed by atoms with van der Waals surface area (Å²) in [4.78, 5) is 30.0. The van der Waals surface area contributed by atoms with Gasteiger partial charge < -0.3 is 0 Å². The van der Waals surface area contributed by atoms with Crippen molar-refractivity contribution in [3.8, 4) is 47.1 Å². The fourth-order valence-electron chi connectivity index (χ4n) is 4.19. The first-order valence-electron chi connectivity index (χ1n) is 11.9. The highest BCUT2D eigenvalue weighted by molar-refractivity contribution is 5.78. The third kappa shape index (κ3) is 4.22. The average Bonchev–Trinajstić information content (AvgIpc) is 3.63. The van der Waals surface area contributed by atoms with E-state index >= 15 is 0 Å². The lowest BCUT2D eigenvalue weighted by atomic mass is 10.1. The van der Waals surface area contributed by atoms with Gasteiger partial charge >= 0.3 is 0 Å². The number of aromatic nitrogens is 3. The Kier molecular flexibility index (Phi) is 6.09. The van der Waals surface area contributed by atoms with Crippen LogP contribution in [0.5, 0.6) is 0 Å². The summed E-state index contributed by atoms with van der Waals surface area (Å²) in [5, 5.41) is 38.7. The third-order valence-electron chi connectivity index (χ3n) is 6.08. The van der Waals surface area contributed by atoms with Crippen molar-refractivity contribution in [2.45, 2.75) is 0 Å². The van der Waals surface area contributed by atoms with Gasteiger partial charge in [-0.1, -0.05) is 30.3 Å². The number of nitrogens with zero attached hydrogens (tertiary/aromatic N) is 11. The summed E-state index contributed by atoms with van der Waals surface area (Å²) in [5.74, 6) is -2.22. The quantitative estimate of drug-likeness (QED) is 0.350. The summed E-state index contributed by atoms with van der Waals surface area (Å²) in [5.41, 5.74) is 0.190. The predicted octanol–water partition coefficient (Wildman–Crippen LogP) is 2.01. The van der Waals surface area contributed by atoms with Crippen molar-refractivity contribution in [3.63, 3.8) is 0 Å². The van der Waals surface area contributed by atoms with Crippen molar-refractivity contribution in [1.29, 1.82) is 21.0 Å². The van der Waals surface area contributed by atoms with E-state index in [1.165, 1.54) is 12.1 Å². The molecule has 0 N–H and O–H groups in total. The number of nitriles is 4. The highest BCUT2D eigenvalue weighted by Gasteiger charge is 2.22. The van der Waals surface area contributed by atoms with Crippen molar-refractivity contribution in [1.82, 2.24) is 15.0 Å². The standard InChI is InChI=1S/C29H9F2N11/c30-16-8-20(31)24-22(9-16)37-28(39-24)19(13-35)29-41-25(14-4-2-1-3-5-14)40-27(42-29)17-6-7-21-23(18(17)12-34)38-26(36-21)15(10-32)11-33/h1-9H/b28-19-. The first-order chi connectivity index (χ1) is 20.4. The zero-order valence-corrected chi connectivity index (χ0v) is 20.9. The van der Waals surface area contributed by atoms with Crippen molar-refractivity contribution in [3.05, 3.63) is 116 Å². The lowest BCUT2D eigenvalue weighted by Gasteiger charge is -2.08. The van der Waals surface area contributed by atoms with Gasteiger partial charge in [0, 0.05) is 23.3 Å². The number of benzene rings is 3. The monoisotopic (exact) mass is 549 g/mol. The number of rotatable bonds is 3. The van der Waals surface area contributed by atoms with E-state index in [0.717, 1.165) is 6.07 Å². The highest BCUT2D eigenvalue weighted by atomic mass is 19.1. The van der Waals surface area contributed by atoms with Gasteiger partial charge in [0.05, 0.1) is 16.3 Å². The van der Waals surface area contributed by atoms with E-state index in [0.29, 0.717) is 11.6 Å². The smallest absolute Gasteiger partial charge is 0.182 e. The first kappa shape index (κ1) is 25.4. The molecular weight excluding hydrogens is 540 g/mol. The van der Waals surface area contributed by atoms with Crippen LogP contribution in [0.3, 0.4) is 0 Å². The largest absolute Gasteiger partial charge is 0.225 e. The number of hydrogen-bond donors (Lipinski definition) is 0. The van der Waals surface area contributed by atoms with E-state index in [-0.39, 0.29) is 72.8 Å². The van der Waals surface area contributed by atoms with E-state index in [1.807, 2.05) is 6.07 Å². The molecule has 0 saturated heterocycles. The maximum Gasteiger partial charge on any atom is 0.182 e. The van der Waals surface area contributed by atoms with E-state index in [9.17, 15) is 29.8 Å². The molecule has 0 spiro atoms. The van der Waals surface area contributed by atoms with Gasteiger partial charge in [0.2, 0.25) is 0 Å². The van der Waals surface area contributed by atoms with Gasteiger partial charge in [-0.3, -0.25) is 0 Å². The van der Waals surface area contributed by atoms with Crippen molar-refractivity contribution >= 4 is 5.57 Å². The topological polar surface area (TPSA) is 183 Å². The minimum Gasteiger partial charge on any atom is -0.225 e. The molecule has 0 amide bonds. The fraction of sp³-hybridized carbons (Fsp3) is 0. The van der Waals surface area contributed by atoms with Crippen molar-refractivity contribution < 1.29 is 8.78 Å². The zero-order chi connectivity index (χ0) is 29.4. The molecule has 0 bridgehead atoms. The minimum atomic E-state index is -0.947. The summed E-state index contributed by atoms with van der Waals surface area (Å²) in [7, 11) is 0. The molecule has 11 nitrogen and oxygen atoms in total. The molecule has 0 radical (unpaired) electrons. The molecule has 4 aromatic rings. The van der Waals surface area contributed by atoms with Crippen molar-refractivity contribution in [2.24, 2.45) is 20.0 Å². The Morgan fingerprint density at radius 2 is 1.38 bits per heavy atom. The van der Waals surface area contributed by atoms with Crippen LogP contribution in [-0.4, -0.2) is 15.0 Å². The summed E-state index contributed by atoms with van der Waals surface area (Å²) in [6, 6.07) is 20.9. The summed E-state index contributed by atoms with van der Waals surface area (Å²) < 4.78 is 28.1. The van der Waals surface area contributed by atoms with Crippen LogP contribution in [-0.2, 0) is 0 Å². The third-order valence-corrected chi connectivity index (χ3v) is 6.08. The van der Waals surface area contributed by atoms with Crippen LogP contribution in [0.2, 0.25) is 0 Å². The Bertz CT molecular complexity index is 2350. The molecule has 0 unspecified atom stereocenters. The number of allylic oxidation sites excluding steroid dienone is 2. The van der Waals surface area contributed by atoms with Crippen LogP contribution in [0.25, 0.3) is 28.3 Å².